The molecule has 1 N–H and O–H groups in total. The Hall–Kier alpha value is -2.94. The summed E-state index contributed by atoms with van der Waals surface area (Å²) in [5.74, 6) is -0.265. The molecule has 3 rings (SSSR count). The van der Waals surface area contributed by atoms with E-state index in [1.807, 2.05) is 12.1 Å². The Balaban J connectivity index is 1.92. The molecule has 0 amide bonds. The number of hydrogen-bond donors (Lipinski definition) is 1. The summed E-state index contributed by atoms with van der Waals surface area (Å²) < 4.78 is 40.2. The first-order valence-corrected chi connectivity index (χ1v) is 6.34. The Labute approximate surface area is 123 Å². The molecule has 0 aliphatic rings. The Bertz CT molecular complexity index is 858. The van der Waals surface area contributed by atoms with Gasteiger partial charge in [0.15, 0.2) is 0 Å². The van der Waals surface area contributed by atoms with Gasteiger partial charge in [0.1, 0.15) is 5.75 Å². The second kappa shape index (κ2) is 5.11. The molecule has 0 unspecified atom stereocenters. The van der Waals surface area contributed by atoms with Crippen LogP contribution in [0.1, 0.15) is 5.56 Å². The summed E-state index contributed by atoms with van der Waals surface area (Å²) in [7, 11) is 0. The van der Waals surface area contributed by atoms with Gasteiger partial charge in [0.05, 0.1) is 11.6 Å². The van der Waals surface area contributed by atoms with Crippen LogP contribution in [0.4, 0.5) is 13.2 Å². The van der Waals surface area contributed by atoms with Gasteiger partial charge in [-0.25, -0.2) is 0 Å². The summed E-state index contributed by atoms with van der Waals surface area (Å²) >= 11 is 0. The van der Waals surface area contributed by atoms with Crippen molar-refractivity contribution in [2.75, 3.05) is 0 Å². The lowest BCUT2D eigenvalue weighted by molar-refractivity contribution is -0.274. The highest BCUT2D eigenvalue weighted by Crippen LogP contribution is 2.28. The van der Waals surface area contributed by atoms with Crippen molar-refractivity contribution in [1.82, 2.24) is 4.98 Å². The minimum atomic E-state index is -4.70. The van der Waals surface area contributed by atoms with Gasteiger partial charge in [-0.05, 0) is 48.0 Å². The molecule has 0 atom stereocenters. The van der Waals surface area contributed by atoms with Crippen LogP contribution < -0.4 is 4.74 Å². The monoisotopic (exact) mass is 302 g/mol. The molecule has 0 saturated heterocycles. The third-order valence-electron chi connectivity index (χ3n) is 3.15. The van der Waals surface area contributed by atoms with Gasteiger partial charge in [0, 0.05) is 16.6 Å². The molecule has 0 bridgehead atoms. The standard InChI is InChI=1S/C16H9F3N2O/c17-16(18,19)22-13-5-3-11(4-6-13)15-8-12-2-1-10(9-20)7-14(12)21-15/h1-8,21H. The number of aromatic nitrogens is 1. The molecule has 110 valence electrons. The first kappa shape index (κ1) is 14.0. The molecule has 3 nitrogen and oxygen atoms in total. The number of hydrogen-bond acceptors (Lipinski definition) is 2. The molecule has 0 saturated carbocycles. The van der Waals surface area contributed by atoms with Crippen molar-refractivity contribution in [3.05, 3.63) is 54.1 Å². The van der Waals surface area contributed by atoms with Gasteiger partial charge in [-0.1, -0.05) is 6.07 Å². The van der Waals surface area contributed by atoms with E-state index in [2.05, 4.69) is 15.8 Å². The van der Waals surface area contributed by atoms with Crippen molar-refractivity contribution >= 4 is 10.9 Å². The molecule has 1 aromatic heterocycles. The van der Waals surface area contributed by atoms with Crippen LogP contribution in [0.2, 0.25) is 0 Å². The minimum absolute atomic E-state index is 0.265. The van der Waals surface area contributed by atoms with E-state index in [0.29, 0.717) is 5.56 Å². The van der Waals surface area contributed by atoms with Gasteiger partial charge in [-0.3, -0.25) is 0 Å². The Morgan fingerprint density at radius 1 is 1.00 bits per heavy atom. The minimum Gasteiger partial charge on any atom is -0.406 e. The lowest BCUT2D eigenvalue weighted by atomic mass is 10.1. The molecule has 0 aliphatic heterocycles. The van der Waals surface area contributed by atoms with Gasteiger partial charge >= 0.3 is 6.36 Å². The van der Waals surface area contributed by atoms with Crippen LogP contribution in [0.5, 0.6) is 5.75 Å². The Kier molecular flexibility index (Phi) is 3.26. The first-order valence-electron chi connectivity index (χ1n) is 6.34. The van der Waals surface area contributed by atoms with Gasteiger partial charge in [-0.2, -0.15) is 5.26 Å². The van der Waals surface area contributed by atoms with E-state index in [1.54, 1.807) is 12.1 Å². The quantitative estimate of drug-likeness (QED) is 0.751. The van der Waals surface area contributed by atoms with Crippen LogP contribution in [0.3, 0.4) is 0 Å². The van der Waals surface area contributed by atoms with Gasteiger partial charge in [0.25, 0.3) is 0 Å². The van der Waals surface area contributed by atoms with E-state index in [9.17, 15) is 13.2 Å². The molecule has 0 fully saturated rings. The molecule has 1 heterocycles. The van der Waals surface area contributed by atoms with E-state index < -0.39 is 6.36 Å². The maximum atomic E-state index is 12.1. The molecule has 0 spiro atoms. The number of ether oxygens (including phenoxy) is 1. The zero-order chi connectivity index (χ0) is 15.7. The van der Waals surface area contributed by atoms with Crippen molar-refractivity contribution in [2.45, 2.75) is 6.36 Å². The number of H-pyrrole nitrogens is 1. The molecule has 3 aromatic rings. The van der Waals surface area contributed by atoms with E-state index in [-0.39, 0.29) is 5.75 Å². The normalized spacial score (nSPS) is 11.4. The highest BCUT2D eigenvalue weighted by Gasteiger charge is 2.30. The van der Waals surface area contributed by atoms with Crippen molar-refractivity contribution in [2.24, 2.45) is 0 Å². The van der Waals surface area contributed by atoms with Gasteiger partial charge in [-0.15, -0.1) is 13.2 Å². The number of benzene rings is 2. The fourth-order valence-corrected chi connectivity index (χ4v) is 2.19. The second-order valence-corrected chi connectivity index (χ2v) is 4.67. The smallest absolute Gasteiger partial charge is 0.406 e. The van der Waals surface area contributed by atoms with Crippen LogP contribution in [0.15, 0.2) is 48.5 Å². The van der Waals surface area contributed by atoms with E-state index in [0.717, 1.165) is 22.2 Å². The molecule has 0 radical (unpaired) electrons. The van der Waals surface area contributed by atoms with Crippen LogP contribution in [0, 0.1) is 11.3 Å². The third kappa shape index (κ3) is 2.88. The van der Waals surface area contributed by atoms with Crippen molar-refractivity contribution in [3.8, 4) is 23.1 Å². The largest absolute Gasteiger partial charge is 0.573 e. The van der Waals surface area contributed by atoms with E-state index >= 15 is 0 Å². The predicted molar refractivity (Wildman–Crippen MR) is 75.1 cm³/mol. The Morgan fingerprint density at radius 2 is 1.73 bits per heavy atom. The number of rotatable bonds is 2. The number of nitrogens with zero attached hydrogens (tertiary/aromatic N) is 1. The molecular formula is C16H9F3N2O. The first-order chi connectivity index (χ1) is 10.4. The summed E-state index contributed by atoms with van der Waals surface area (Å²) in [6.45, 7) is 0. The maximum absolute atomic E-state index is 12.1. The fraction of sp³-hybridized carbons (Fsp3) is 0.0625. The van der Waals surface area contributed by atoms with Crippen LogP contribution in [0.25, 0.3) is 22.2 Å². The average molecular weight is 302 g/mol. The SMILES string of the molecule is N#Cc1ccc2cc(-c3ccc(OC(F)(F)F)cc3)[nH]c2c1. The zero-order valence-electron chi connectivity index (χ0n) is 11.1. The second-order valence-electron chi connectivity index (χ2n) is 4.67. The number of nitrogens with one attached hydrogen (secondary N) is 1. The zero-order valence-corrected chi connectivity index (χ0v) is 11.1. The molecule has 0 aliphatic carbocycles. The lowest BCUT2D eigenvalue weighted by Gasteiger charge is -2.08. The molecule has 22 heavy (non-hydrogen) atoms. The lowest BCUT2D eigenvalue weighted by Crippen LogP contribution is -2.16. The number of aromatic amines is 1. The average Bonchev–Trinajstić information content (AvgIpc) is 2.89. The Morgan fingerprint density at radius 3 is 2.36 bits per heavy atom. The third-order valence-corrected chi connectivity index (χ3v) is 3.15. The van der Waals surface area contributed by atoms with E-state index in [4.69, 9.17) is 5.26 Å². The molecule has 2 aromatic carbocycles. The van der Waals surface area contributed by atoms with Gasteiger partial charge in [0.2, 0.25) is 0 Å². The number of alkyl halides is 3. The van der Waals surface area contributed by atoms with Crippen LogP contribution >= 0.6 is 0 Å². The summed E-state index contributed by atoms with van der Waals surface area (Å²) in [6.07, 6.45) is -4.70. The highest BCUT2D eigenvalue weighted by molar-refractivity contribution is 5.86. The van der Waals surface area contributed by atoms with E-state index in [1.165, 1.54) is 24.3 Å². The summed E-state index contributed by atoms with van der Waals surface area (Å²) in [5, 5.41) is 9.80. The molecular weight excluding hydrogens is 293 g/mol. The predicted octanol–water partition coefficient (Wildman–Crippen LogP) is 4.61. The summed E-state index contributed by atoms with van der Waals surface area (Å²) in [6, 6.07) is 14.8. The maximum Gasteiger partial charge on any atom is 0.573 e. The van der Waals surface area contributed by atoms with Gasteiger partial charge < -0.3 is 9.72 Å². The van der Waals surface area contributed by atoms with Crippen molar-refractivity contribution < 1.29 is 17.9 Å². The van der Waals surface area contributed by atoms with Crippen LogP contribution in [-0.2, 0) is 0 Å². The van der Waals surface area contributed by atoms with Crippen molar-refractivity contribution in [3.63, 3.8) is 0 Å². The topological polar surface area (TPSA) is 48.8 Å². The summed E-state index contributed by atoms with van der Waals surface area (Å²) in [5.41, 5.74) is 2.81. The number of nitriles is 1. The number of halogens is 3. The highest BCUT2D eigenvalue weighted by atomic mass is 19.4. The van der Waals surface area contributed by atoms with Crippen molar-refractivity contribution in [1.29, 1.82) is 5.26 Å². The fourth-order valence-electron chi connectivity index (χ4n) is 2.19. The van der Waals surface area contributed by atoms with Crippen LogP contribution in [-0.4, -0.2) is 11.3 Å². The summed E-state index contributed by atoms with van der Waals surface area (Å²) in [4.78, 5) is 3.14. The number of fused-ring (bicyclic) bond motifs is 1. The molecule has 6 heteroatoms.